The summed E-state index contributed by atoms with van der Waals surface area (Å²) in [6.45, 7) is 6.68. The van der Waals surface area contributed by atoms with Crippen LogP contribution in [0.5, 0.6) is 0 Å². The van der Waals surface area contributed by atoms with Crippen LogP contribution in [-0.4, -0.2) is 33.9 Å². The van der Waals surface area contributed by atoms with Crippen molar-refractivity contribution in [3.8, 4) is 5.69 Å². The number of halogens is 1. The van der Waals surface area contributed by atoms with Crippen LogP contribution in [0, 0.1) is 5.82 Å². The number of ether oxygens (including phenoxy) is 2. The lowest BCUT2D eigenvalue weighted by Crippen LogP contribution is -2.19. The Morgan fingerprint density at radius 1 is 1.04 bits per heavy atom. The van der Waals surface area contributed by atoms with Crippen LogP contribution >= 0.6 is 0 Å². The Balaban J connectivity index is 2.56. The van der Waals surface area contributed by atoms with Crippen molar-refractivity contribution in [2.75, 3.05) is 5.73 Å². The van der Waals surface area contributed by atoms with Crippen LogP contribution in [0.15, 0.2) is 24.3 Å². The molecule has 0 saturated heterocycles. The highest BCUT2D eigenvalue weighted by Gasteiger charge is 2.30. The molecule has 8 heteroatoms. The smallest absolute Gasteiger partial charge is 0.360 e. The number of benzene rings is 1. The fraction of sp³-hybridized carbons (Fsp3) is 0.353. The van der Waals surface area contributed by atoms with Gasteiger partial charge in [0.15, 0.2) is 5.69 Å². The first-order valence-corrected chi connectivity index (χ1v) is 7.77. The van der Waals surface area contributed by atoms with Crippen molar-refractivity contribution in [1.82, 2.24) is 9.78 Å². The standard InChI is InChI=1S/C17H20FN3O4/c1-9(2)24-16(22)13-14(17(23)25-10(3)4)20-21(15(13)19)12-7-5-11(18)6-8-12/h5-10H,19H2,1-4H3. The number of esters is 2. The van der Waals surface area contributed by atoms with Gasteiger partial charge in [-0.25, -0.2) is 18.7 Å². The molecule has 0 saturated carbocycles. The number of hydrogen-bond donors (Lipinski definition) is 1. The van der Waals surface area contributed by atoms with Gasteiger partial charge in [0, 0.05) is 0 Å². The van der Waals surface area contributed by atoms with Gasteiger partial charge in [-0.3, -0.25) is 0 Å². The fourth-order valence-electron chi connectivity index (χ4n) is 2.10. The Hall–Kier alpha value is -2.90. The van der Waals surface area contributed by atoms with E-state index in [1.54, 1.807) is 27.7 Å². The van der Waals surface area contributed by atoms with Crippen molar-refractivity contribution < 1.29 is 23.5 Å². The molecule has 1 heterocycles. The topological polar surface area (TPSA) is 96.4 Å². The van der Waals surface area contributed by atoms with Gasteiger partial charge in [-0.05, 0) is 52.0 Å². The van der Waals surface area contributed by atoms with Gasteiger partial charge in [-0.15, -0.1) is 0 Å². The summed E-state index contributed by atoms with van der Waals surface area (Å²) in [5.41, 5.74) is 5.98. The second-order valence-corrected chi connectivity index (χ2v) is 5.91. The van der Waals surface area contributed by atoms with Gasteiger partial charge >= 0.3 is 11.9 Å². The third-order valence-corrected chi connectivity index (χ3v) is 3.08. The Labute approximate surface area is 144 Å². The summed E-state index contributed by atoms with van der Waals surface area (Å²) in [6.07, 6.45) is -0.811. The minimum atomic E-state index is -0.793. The largest absolute Gasteiger partial charge is 0.459 e. The quantitative estimate of drug-likeness (QED) is 0.834. The maximum atomic E-state index is 13.1. The minimum absolute atomic E-state index is 0.0898. The SMILES string of the molecule is CC(C)OC(=O)c1nn(-c2ccc(F)cc2)c(N)c1C(=O)OC(C)C. The van der Waals surface area contributed by atoms with Gasteiger partial charge in [-0.2, -0.15) is 5.10 Å². The first-order chi connectivity index (χ1) is 11.7. The van der Waals surface area contributed by atoms with Gasteiger partial charge in [0.2, 0.25) is 0 Å². The lowest BCUT2D eigenvalue weighted by molar-refractivity contribution is 0.0325. The lowest BCUT2D eigenvalue weighted by atomic mass is 10.2. The second kappa shape index (κ2) is 7.33. The Kier molecular flexibility index (Phi) is 5.41. The van der Waals surface area contributed by atoms with E-state index in [-0.39, 0.29) is 17.1 Å². The summed E-state index contributed by atoms with van der Waals surface area (Å²) >= 11 is 0. The molecule has 0 fully saturated rings. The molecule has 0 bridgehead atoms. The third-order valence-electron chi connectivity index (χ3n) is 3.08. The monoisotopic (exact) mass is 349 g/mol. The molecule has 1 aromatic carbocycles. The first-order valence-electron chi connectivity index (χ1n) is 7.77. The Bertz CT molecular complexity index is 782. The maximum absolute atomic E-state index is 13.1. The number of nitrogens with two attached hydrogens (primary N) is 1. The van der Waals surface area contributed by atoms with Crippen LogP contribution in [0.4, 0.5) is 10.2 Å². The molecule has 0 radical (unpaired) electrons. The highest BCUT2D eigenvalue weighted by atomic mass is 19.1. The second-order valence-electron chi connectivity index (χ2n) is 5.91. The van der Waals surface area contributed by atoms with E-state index in [9.17, 15) is 14.0 Å². The van der Waals surface area contributed by atoms with E-state index in [1.165, 1.54) is 28.9 Å². The van der Waals surface area contributed by atoms with E-state index >= 15 is 0 Å². The van der Waals surface area contributed by atoms with Crippen LogP contribution in [0.3, 0.4) is 0 Å². The van der Waals surface area contributed by atoms with Crippen LogP contribution < -0.4 is 5.73 Å². The number of nitrogen functional groups attached to an aromatic ring is 1. The number of carbonyl (C=O) groups is 2. The molecule has 0 aliphatic carbocycles. The van der Waals surface area contributed by atoms with E-state index in [0.717, 1.165) is 0 Å². The molecule has 2 rings (SSSR count). The molecule has 7 nitrogen and oxygen atoms in total. The zero-order valence-electron chi connectivity index (χ0n) is 14.4. The molecule has 0 aliphatic heterocycles. The van der Waals surface area contributed by atoms with Gasteiger partial charge in [0.1, 0.15) is 17.2 Å². The summed E-state index contributed by atoms with van der Waals surface area (Å²) in [4.78, 5) is 24.7. The van der Waals surface area contributed by atoms with Gasteiger partial charge < -0.3 is 15.2 Å². The van der Waals surface area contributed by atoms with Gasteiger partial charge in [-0.1, -0.05) is 0 Å². The molecule has 2 aromatic rings. The van der Waals surface area contributed by atoms with Crippen molar-refractivity contribution in [2.45, 2.75) is 39.9 Å². The Morgan fingerprint density at radius 2 is 1.56 bits per heavy atom. The molecular formula is C17H20FN3O4. The molecule has 2 N–H and O–H groups in total. The molecule has 0 unspecified atom stereocenters. The number of nitrogens with zero attached hydrogens (tertiary/aromatic N) is 2. The first kappa shape index (κ1) is 18.4. The number of rotatable bonds is 5. The van der Waals surface area contributed by atoms with Crippen molar-refractivity contribution in [2.24, 2.45) is 0 Å². The molecule has 0 amide bonds. The van der Waals surface area contributed by atoms with Gasteiger partial charge in [0.25, 0.3) is 0 Å². The van der Waals surface area contributed by atoms with Crippen LogP contribution in [0.2, 0.25) is 0 Å². The number of hydrogen-bond acceptors (Lipinski definition) is 6. The third kappa shape index (κ3) is 4.14. The summed E-state index contributed by atoms with van der Waals surface area (Å²) in [5, 5.41) is 4.08. The molecule has 0 aliphatic rings. The fourth-order valence-corrected chi connectivity index (χ4v) is 2.10. The van der Waals surface area contributed by atoms with Crippen molar-refractivity contribution in [1.29, 1.82) is 0 Å². The Morgan fingerprint density at radius 3 is 2.08 bits per heavy atom. The van der Waals surface area contributed by atoms with Crippen molar-refractivity contribution in [3.63, 3.8) is 0 Å². The number of carbonyl (C=O) groups excluding carboxylic acids is 2. The summed E-state index contributed by atoms with van der Waals surface area (Å²) in [5.74, 6) is -2.10. The minimum Gasteiger partial charge on any atom is -0.459 e. The zero-order valence-corrected chi connectivity index (χ0v) is 14.4. The van der Waals surface area contributed by atoms with E-state index in [2.05, 4.69) is 5.10 Å². The maximum Gasteiger partial charge on any atom is 0.360 e. The molecule has 0 spiro atoms. The predicted octanol–water partition coefficient (Wildman–Crippen LogP) is 2.72. The average molecular weight is 349 g/mol. The lowest BCUT2D eigenvalue weighted by Gasteiger charge is -2.09. The normalized spacial score (nSPS) is 11.0. The van der Waals surface area contributed by atoms with Crippen LogP contribution in [0.25, 0.3) is 5.69 Å². The van der Waals surface area contributed by atoms with Gasteiger partial charge in [0.05, 0.1) is 17.9 Å². The van der Waals surface area contributed by atoms with Crippen molar-refractivity contribution >= 4 is 17.8 Å². The molecule has 25 heavy (non-hydrogen) atoms. The van der Waals surface area contributed by atoms with E-state index in [1.807, 2.05) is 0 Å². The average Bonchev–Trinajstić information content (AvgIpc) is 2.84. The number of anilines is 1. The molecule has 134 valence electrons. The van der Waals surface area contributed by atoms with E-state index < -0.39 is 30.0 Å². The molecule has 0 atom stereocenters. The molecular weight excluding hydrogens is 329 g/mol. The zero-order chi connectivity index (χ0) is 18.7. The van der Waals surface area contributed by atoms with E-state index in [4.69, 9.17) is 15.2 Å². The van der Waals surface area contributed by atoms with Crippen molar-refractivity contribution in [3.05, 3.63) is 41.3 Å². The van der Waals surface area contributed by atoms with Crippen LogP contribution in [0.1, 0.15) is 48.5 Å². The predicted molar refractivity (Wildman–Crippen MR) is 89.0 cm³/mol. The highest BCUT2D eigenvalue weighted by molar-refractivity contribution is 6.05. The summed E-state index contributed by atoms with van der Waals surface area (Å²) < 4.78 is 24.6. The number of aromatic nitrogens is 2. The van der Waals surface area contributed by atoms with E-state index in [0.29, 0.717) is 5.69 Å². The van der Waals surface area contributed by atoms with Crippen LogP contribution in [-0.2, 0) is 9.47 Å². The highest BCUT2D eigenvalue weighted by Crippen LogP contribution is 2.24. The molecule has 1 aromatic heterocycles. The summed E-state index contributed by atoms with van der Waals surface area (Å²) in [7, 11) is 0. The summed E-state index contributed by atoms with van der Waals surface area (Å²) in [6, 6.07) is 5.28.